The van der Waals surface area contributed by atoms with Gasteiger partial charge in [-0.25, -0.2) is 9.97 Å². The molecule has 16 heavy (non-hydrogen) atoms. The lowest BCUT2D eigenvalue weighted by Gasteiger charge is -2.09. The van der Waals surface area contributed by atoms with E-state index in [0.29, 0.717) is 10.8 Å². The Bertz CT molecular complexity index is 513. The maximum atomic E-state index is 6.09. The highest BCUT2D eigenvalue weighted by atomic mass is 35.5. The number of anilines is 2. The van der Waals surface area contributed by atoms with Gasteiger partial charge in [-0.05, 0) is 18.2 Å². The predicted octanol–water partition coefficient (Wildman–Crippen LogP) is 2.42. The standard InChI is InChI=1S/C11H11ClN4/c1-14-11-7(3-2-4-15-11)8-5-10(13)16-6-9(8)12/h2-6H,1H3,(H2,13,16)(H,14,15). The third-order valence-electron chi connectivity index (χ3n) is 2.21. The van der Waals surface area contributed by atoms with Crippen molar-refractivity contribution in [1.29, 1.82) is 0 Å². The Morgan fingerprint density at radius 2 is 2.12 bits per heavy atom. The van der Waals surface area contributed by atoms with Gasteiger partial charge < -0.3 is 11.1 Å². The van der Waals surface area contributed by atoms with Gasteiger partial charge in [0.1, 0.15) is 11.6 Å². The molecular weight excluding hydrogens is 224 g/mol. The SMILES string of the molecule is CNc1ncccc1-c1cc(N)ncc1Cl. The van der Waals surface area contributed by atoms with Crippen LogP contribution in [0.5, 0.6) is 0 Å². The number of aromatic nitrogens is 2. The van der Waals surface area contributed by atoms with Crippen LogP contribution >= 0.6 is 11.6 Å². The molecule has 0 saturated carbocycles. The fraction of sp³-hybridized carbons (Fsp3) is 0.0909. The summed E-state index contributed by atoms with van der Waals surface area (Å²) >= 11 is 6.09. The Hall–Kier alpha value is -1.81. The lowest BCUT2D eigenvalue weighted by molar-refractivity contribution is 1.28. The number of hydrogen-bond acceptors (Lipinski definition) is 4. The van der Waals surface area contributed by atoms with E-state index in [1.807, 2.05) is 19.2 Å². The van der Waals surface area contributed by atoms with E-state index >= 15 is 0 Å². The number of halogens is 1. The summed E-state index contributed by atoms with van der Waals surface area (Å²) in [6, 6.07) is 5.52. The molecule has 2 rings (SSSR count). The van der Waals surface area contributed by atoms with Crippen LogP contribution in [0.4, 0.5) is 11.6 Å². The zero-order valence-corrected chi connectivity index (χ0v) is 9.49. The first-order chi connectivity index (χ1) is 7.72. The average molecular weight is 235 g/mol. The molecule has 0 saturated heterocycles. The van der Waals surface area contributed by atoms with Gasteiger partial charge in [-0.3, -0.25) is 0 Å². The first-order valence-electron chi connectivity index (χ1n) is 4.76. The summed E-state index contributed by atoms with van der Waals surface area (Å²) in [7, 11) is 1.81. The molecule has 0 amide bonds. The Kier molecular flexibility index (Phi) is 2.92. The fourth-order valence-electron chi connectivity index (χ4n) is 1.48. The molecule has 5 heteroatoms. The Balaban J connectivity index is 2.62. The summed E-state index contributed by atoms with van der Waals surface area (Å²) in [6.45, 7) is 0. The Labute approximate surface area is 98.5 Å². The molecule has 0 aliphatic heterocycles. The maximum Gasteiger partial charge on any atom is 0.133 e. The second-order valence-corrected chi connectivity index (χ2v) is 3.65. The number of rotatable bonds is 2. The van der Waals surface area contributed by atoms with Crippen molar-refractivity contribution in [3.8, 4) is 11.1 Å². The van der Waals surface area contributed by atoms with E-state index in [9.17, 15) is 0 Å². The van der Waals surface area contributed by atoms with Crippen molar-refractivity contribution in [3.63, 3.8) is 0 Å². The van der Waals surface area contributed by atoms with Crippen LogP contribution in [-0.2, 0) is 0 Å². The van der Waals surface area contributed by atoms with E-state index in [0.717, 1.165) is 16.9 Å². The first kappa shape index (κ1) is 10.7. The van der Waals surface area contributed by atoms with Crippen LogP contribution in [0.3, 0.4) is 0 Å². The third-order valence-corrected chi connectivity index (χ3v) is 2.51. The van der Waals surface area contributed by atoms with Gasteiger partial charge in [0.2, 0.25) is 0 Å². The van der Waals surface area contributed by atoms with Crippen molar-refractivity contribution in [1.82, 2.24) is 9.97 Å². The highest BCUT2D eigenvalue weighted by Crippen LogP contribution is 2.32. The van der Waals surface area contributed by atoms with E-state index in [1.165, 1.54) is 0 Å². The molecule has 0 aliphatic carbocycles. The number of nitrogen functional groups attached to an aromatic ring is 1. The molecule has 0 unspecified atom stereocenters. The van der Waals surface area contributed by atoms with Crippen LogP contribution in [-0.4, -0.2) is 17.0 Å². The second kappa shape index (κ2) is 4.37. The van der Waals surface area contributed by atoms with Gasteiger partial charge in [-0.1, -0.05) is 11.6 Å². The van der Waals surface area contributed by atoms with Crippen molar-refractivity contribution in [2.45, 2.75) is 0 Å². The molecule has 0 aromatic carbocycles. The molecule has 0 spiro atoms. The van der Waals surface area contributed by atoms with Gasteiger partial charge >= 0.3 is 0 Å². The number of hydrogen-bond donors (Lipinski definition) is 2. The molecule has 0 aliphatic rings. The monoisotopic (exact) mass is 234 g/mol. The predicted molar refractivity (Wildman–Crippen MR) is 66.4 cm³/mol. The maximum absolute atomic E-state index is 6.09. The van der Waals surface area contributed by atoms with E-state index in [2.05, 4.69) is 15.3 Å². The van der Waals surface area contributed by atoms with Gasteiger partial charge in [-0.2, -0.15) is 0 Å². The molecule has 0 atom stereocenters. The minimum absolute atomic E-state index is 0.435. The van der Waals surface area contributed by atoms with Crippen LogP contribution in [0.25, 0.3) is 11.1 Å². The van der Waals surface area contributed by atoms with Crippen molar-refractivity contribution in [2.75, 3.05) is 18.1 Å². The average Bonchev–Trinajstić information content (AvgIpc) is 2.32. The Morgan fingerprint density at radius 1 is 1.31 bits per heavy atom. The molecule has 3 N–H and O–H groups in total. The second-order valence-electron chi connectivity index (χ2n) is 3.24. The molecule has 0 radical (unpaired) electrons. The van der Waals surface area contributed by atoms with Gasteiger partial charge in [0, 0.05) is 30.6 Å². The van der Waals surface area contributed by atoms with Crippen LogP contribution in [0.15, 0.2) is 30.6 Å². The molecule has 0 fully saturated rings. The number of nitrogens with zero attached hydrogens (tertiary/aromatic N) is 2. The topological polar surface area (TPSA) is 63.8 Å². The summed E-state index contributed by atoms with van der Waals surface area (Å²) in [5, 5.41) is 3.56. The van der Waals surface area contributed by atoms with E-state index in [1.54, 1.807) is 18.5 Å². The van der Waals surface area contributed by atoms with Crippen molar-refractivity contribution >= 4 is 23.2 Å². The quantitative estimate of drug-likeness (QED) is 0.838. The van der Waals surface area contributed by atoms with Crippen LogP contribution in [0.2, 0.25) is 5.02 Å². The minimum atomic E-state index is 0.435. The van der Waals surface area contributed by atoms with E-state index < -0.39 is 0 Å². The molecule has 82 valence electrons. The summed E-state index contributed by atoms with van der Waals surface area (Å²) in [5.74, 6) is 1.19. The normalized spacial score (nSPS) is 10.1. The van der Waals surface area contributed by atoms with Gasteiger partial charge in [-0.15, -0.1) is 0 Å². The number of nitrogens with two attached hydrogens (primary N) is 1. The van der Waals surface area contributed by atoms with Gasteiger partial charge in [0.15, 0.2) is 0 Å². The molecule has 2 aromatic rings. The lowest BCUT2D eigenvalue weighted by Crippen LogP contribution is -1.97. The number of pyridine rings is 2. The van der Waals surface area contributed by atoms with Crippen LogP contribution < -0.4 is 11.1 Å². The van der Waals surface area contributed by atoms with Crippen molar-refractivity contribution < 1.29 is 0 Å². The van der Waals surface area contributed by atoms with E-state index in [4.69, 9.17) is 17.3 Å². The summed E-state index contributed by atoms with van der Waals surface area (Å²) in [5.41, 5.74) is 7.38. The zero-order valence-electron chi connectivity index (χ0n) is 8.74. The van der Waals surface area contributed by atoms with Crippen LogP contribution in [0, 0.1) is 0 Å². The van der Waals surface area contributed by atoms with Gasteiger partial charge in [0.25, 0.3) is 0 Å². The molecule has 2 heterocycles. The smallest absolute Gasteiger partial charge is 0.133 e. The Morgan fingerprint density at radius 3 is 2.88 bits per heavy atom. The summed E-state index contributed by atoms with van der Waals surface area (Å²) in [4.78, 5) is 8.14. The zero-order chi connectivity index (χ0) is 11.5. The van der Waals surface area contributed by atoms with Crippen molar-refractivity contribution in [3.05, 3.63) is 35.6 Å². The van der Waals surface area contributed by atoms with Crippen LogP contribution in [0.1, 0.15) is 0 Å². The number of nitrogens with one attached hydrogen (secondary N) is 1. The molecular formula is C11H11ClN4. The summed E-state index contributed by atoms with van der Waals surface area (Å²) in [6.07, 6.45) is 3.26. The summed E-state index contributed by atoms with van der Waals surface area (Å²) < 4.78 is 0. The largest absolute Gasteiger partial charge is 0.384 e. The van der Waals surface area contributed by atoms with E-state index in [-0.39, 0.29) is 0 Å². The molecule has 0 bridgehead atoms. The van der Waals surface area contributed by atoms with Crippen molar-refractivity contribution in [2.24, 2.45) is 0 Å². The van der Waals surface area contributed by atoms with Gasteiger partial charge in [0.05, 0.1) is 5.02 Å². The highest BCUT2D eigenvalue weighted by Gasteiger charge is 2.09. The minimum Gasteiger partial charge on any atom is -0.384 e. The molecule has 4 nitrogen and oxygen atoms in total. The molecule has 2 aromatic heterocycles. The first-order valence-corrected chi connectivity index (χ1v) is 5.14. The highest BCUT2D eigenvalue weighted by molar-refractivity contribution is 6.33. The fourth-order valence-corrected chi connectivity index (χ4v) is 1.69. The third kappa shape index (κ3) is 1.92. The lowest BCUT2D eigenvalue weighted by atomic mass is 10.1.